The first-order chi connectivity index (χ1) is 7.66. The lowest BCUT2D eigenvalue weighted by atomic mass is 10.1. The van der Waals surface area contributed by atoms with E-state index in [1.165, 1.54) is 6.08 Å². The molecule has 2 fully saturated rings. The molecule has 0 aliphatic carbocycles. The van der Waals surface area contributed by atoms with Crippen molar-refractivity contribution in [2.75, 3.05) is 13.1 Å². The number of piperidine rings is 1. The lowest BCUT2D eigenvalue weighted by Crippen LogP contribution is -2.34. The van der Waals surface area contributed by atoms with E-state index in [2.05, 4.69) is 5.32 Å². The highest BCUT2D eigenvalue weighted by Crippen LogP contribution is 2.23. The van der Waals surface area contributed by atoms with Crippen molar-refractivity contribution in [1.82, 2.24) is 10.2 Å². The number of imide groups is 1. The van der Waals surface area contributed by atoms with Crippen molar-refractivity contribution < 1.29 is 14.4 Å². The van der Waals surface area contributed by atoms with Gasteiger partial charge in [-0.1, -0.05) is 0 Å². The molecule has 2 aliphatic rings. The first-order valence-electron chi connectivity index (χ1n) is 5.20. The van der Waals surface area contributed by atoms with Gasteiger partial charge < -0.3 is 4.90 Å². The molecule has 3 amide bonds. The van der Waals surface area contributed by atoms with Crippen LogP contribution in [-0.2, 0) is 9.59 Å². The second-order valence-corrected chi connectivity index (χ2v) is 4.75. The van der Waals surface area contributed by atoms with Gasteiger partial charge in [0.2, 0.25) is 5.91 Å². The second-order valence-electron chi connectivity index (χ2n) is 3.74. The van der Waals surface area contributed by atoms with E-state index in [-0.39, 0.29) is 10.8 Å². The molecule has 0 radical (unpaired) electrons. The Balaban J connectivity index is 2.02. The maximum atomic E-state index is 11.8. The van der Waals surface area contributed by atoms with Gasteiger partial charge in [0, 0.05) is 19.2 Å². The van der Waals surface area contributed by atoms with E-state index < -0.39 is 11.1 Å². The monoisotopic (exact) mass is 240 g/mol. The van der Waals surface area contributed by atoms with Crippen molar-refractivity contribution in [2.24, 2.45) is 0 Å². The molecule has 0 unspecified atom stereocenters. The van der Waals surface area contributed by atoms with Gasteiger partial charge in [-0.2, -0.15) is 0 Å². The van der Waals surface area contributed by atoms with Crippen LogP contribution in [0.4, 0.5) is 4.79 Å². The summed E-state index contributed by atoms with van der Waals surface area (Å²) in [4.78, 5) is 35.8. The molecule has 0 aromatic carbocycles. The average molecular weight is 240 g/mol. The van der Waals surface area contributed by atoms with Crippen molar-refractivity contribution in [1.29, 1.82) is 0 Å². The van der Waals surface area contributed by atoms with E-state index in [0.29, 0.717) is 0 Å². The summed E-state index contributed by atoms with van der Waals surface area (Å²) in [5.74, 6) is -0.646. The van der Waals surface area contributed by atoms with Gasteiger partial charge >= 0.3 is 0 Å². The molecule has 0 bridgehead atoms. The van der Waals surface area contributed by atoms with Crippen LogP contribution in [0.5, 0.6) is 0 Å². The average Bonchev–Trinajstić information content (AvgIpc) is 2.59. The number of likely N-dealkylation sites (tertiary alicyclic amines) is 1. The number of carbonyl (C=O) groups is 3. The molecule has 6 heteroatoms. The molecule has 0 aromatic heterocycles. The topological polar surface area (TPSA) is 66.5 Å². The van der Waals surface area contributed by atoms with E-state index >= 15 is 0 Å². The van der Waals surface area contributed by atoms with E-state index in [1.807, 2.05) is 0 Å². The summed E-state index contributed by atoms with van der Waals surface area (Å²) >= 11 is 0.780. The number of hydrogen-bond donors (Lipinski definition) is 1. The standard InChI is InChI=1S/C10H12N2O3S/c13-8(12-4-2-1-3-5-12)6-7-9(14)11-10(15)16-7/h6H,1-5H2,(H,11,14,15)/b7-6-. The molecule has 0 aromatic rings. The van der Waals surface area contributed by atoms with E-state index in [9.17, 15) is 14.4 Å². The molecule has 5 nitrogen and oxygen atoms in total. The number of rotatable bonds is 1. The van der Waals surface area contributed by atoms with Gasteiger partial charge in [-0.05, 0) is 31.0 Å². The normalized spacial score (nSPS) is 23.8. The number of hydrogen-bond acceptors (Lipinski definition) is 4. The zero-order valence-corrected chi connectivity index (χ0v) is 9.51. The number of thioether (sulfide) groups is 1. The predicted octanol–water partition coefficient (Wildman–Crippen LogP) is 0.866. The van der Waals surface area contributed by atoms with Crippen molar-refractivity contribution in [3.63, 3.8) is 0 Å². The van der Waals surface area contributed by atoms with Crippen LogP contribution >= 0.6 is 11.8 Å². The van der Waals surface area contributed by atoms with Crippen LogP contribution in [-0.4, -0.2) is 35.0 Å². The largest absolute Gasteiger partial charge is 0.339 e. The third kappa shape index (κ3) is 2.44. The maximum Gasteiger partial charge on any atom is 0.290 e. The van der Waals surface area contributed by atoms with Crippen LogP contribution in [0.3, 0.4) is 0 Å². The van der Waals surface area contributed by atoms with Gasteiger partial charge in [0.15, 0.2) is 0 Å². The van der Waals surface area contributed by atoms with Crippen molar-refractivity contribution in [2.45, 2.75) is 19.3 Å². The smallest absolute Gasteiger partial charge is 0.290 e. The van der Waals surface area contributed by atoms with Gasteiger partial charge in [0.1, 0.15) is 0 Å². The van der Waals surface area contributed by atoms with Crippen LogP contribution in [0, 0.1) is 0 Å². The molecular weight excluding hydrogens is 228 g/mol. The summed E-state index contributed by atoms with van der Waals surface area (Å²) in [5.41, 5.74) is 0. The van der Waals surface area contributed by atoms with Crippen molar-refractivity contribution in [3.05, 3.63) is 11.0 Å². The minimum absolute atomic E-state index is 0.174. The molecule has 0 saturated carbocycles. The minimum Gasteiger partial charge on any atom is -0.339 e. The van der Waals surface area contributed by atoms with E-state index in [1.54, 1.807) is 4.90 Å². The van der Waals surface area contributed by atoms with Gasteiger partial charge in [-0.15, -0.1) is 0 Å². The van der Waals surface area contributed by atoms with Gasteiger partial charge in [-0.3, -0.25) is 19.7 Å². The Kier molecular flexibility index (Phi) is 3.28. The lowest BCUT2D eigenvalue weighted by molar-refractivity contribution is -0.127. The fourth-order valence-electron chi connectivity index (χ4n) is 1.74. The van der Waals surface area contributed by atoms with Gasteiger partial charge in [0.25, 0.3) is 11.1 Å². The van der Waals surface area contributed by atoms with Crippen LogP contribution in [0.1, 0.15) is 19.3 Å². The highest BCUT2D eigenvalue weighted by Gasteiger charge is 2.27. The molecule has 86 valence electrons. The van der Waals surface area contributed by atoms with Gasteiger partial charge in [-0.25, -0.2) is 0 Å². The Labute approximate surface area is 97.2 Å². The first kappa shape index (κ1) is 11.2. The number of amides is 3. The fraction of sp³-hybridized carbons (Fsp3) is 0.500. The lowest BCUT2D eigenvalue weighted by Gasteiger charge is -2.25. The summed E-state index contributed by atoms with van der Waals surface area (Å²) in [6.45, 7) is 1.48. The zero-order chi connectivity index (χ0) is 11.5. The summed E-state index contributed by atoms with van der Waals surface area (Å²) < 4.78 is 0. The SMILES string of the molecule is O=C1NC(=O)/C(=C/C(=O)N2CCCCC2)S1. The molecular formula is C10H12N2O3S. The van der Waals surface area contributed by atoms with Crippen LogP contribution < -0.4 is 5.32 Å². The Morgan fingerprint density at radius 1 is 1.25 bits per heavy atom. The molecule has 2 rings (SSSR count). The molecule has 2 saturated heterocycles. The summed E-state index contributed by atoms with van der Waals surface area (Å²) in [6.07, 6.45) is 4.42. The number of nitrogens with zero attached hydrogens (tertiary/aromatic N) is 1. The summed E-state index contributed by atoms with van der Waals surface area (Å²) in [6, 6.07) is 0. The quantitative estimate of drug-likeness (QED) is 0.690. The Hall–Kier alpha value is -1.30. The third-order valence-electron chi connectivity index (χ3n) is 2.56. The highest BCUT2D eigenvalue weighted by atomic mass is 32.2. The third-order valence-corrected chi connectivity index (χ3v) is 3.37. The fourth-order valence-corrected chi connectivity index (χ4v) is 2.39. The second kappa shape index (κ2) is 4.69. The molecule has 0 spiro atoms. The molecule has 2 aliphatic heterocycles. The predicted molar refractivity (Wildman–Crippen MR) is 59.6 cm³/mol. The molecule has 2 heterocycles. The number of nitrogens with one attached hydrogen (secondary N) is 1. The maximum absolute atomic E-state index is 11.8. The summed E-state index contributed by atoms with van der Waals surface area (Å²) in [5, 5.41) is 1.71. The number of carbonyl (C=O) groups excluding carboxylic acids is 3. The van der Waals surface area contributed by atoms with E-state index in [4.69, 9.17) is 0 Å². The molecule has 16 heavy (non-hydrogen) atoms. The van der Waals surface area contributed by atoms with Crippen LogP contribution in [0.2, 0.25) is 0 Å². The molecule has 1 N–H and O–H groups in total. The highest BCUT2D eigenvalue weighted by molar-refractivity contribution is 8.18. The zero-order valence-electron chi connectivity index (χ0n) is 8.69. The molecule has 0 atom stereocenters. The van der Waals surface area contributed by atoms with E-state index in [0.717, 1.165) is 44.1 Å². The Morgan fingerprint density at radius 2 is 1.94 bits per heavy atom. The first-order valence-corrected chi connectivity index (χ1v) is 6.02. The summed E-state index contributed by atoms with van der Waals surface area (Å²) in [7, 11) is 0. The van der Waals surface area contributed by atoms with Crippen LogP contribution in [0.15, 0.2) is 11.0 Å². The Morgan fingerprint density at radius 3 is 2.50 bits per heavy atom. The van der Waals surface area contributed by atoms with Crippen molar-refractivity contribution >= 4 is 28.8 Å². The van der Waals surface area contributed by atoms with Gasteiger partial charge in [0.05, 0.1) is 4.91 Å². The van der Waals surface area contributed by atoms with Crippen LogP contribution in [0.25, 0.3) is 0 Å². The van der Waals surface area contributed by atoms with Crippen molar-refractivity contribution in [3.8, 4) is 0 Å². The minimum atomic E-state index is -0.472. The Bertz CT molecular complexity index is 372.